The molecule has 0 aliphatic rings. The molecule has 0 fully saturated rings. The van der Waals surface area contributed by atoms with Crippen LogP contribution in [0.3, 0.4) is 0 Å². The minimum Gasteiger partial charge on any atom is -0.465 e. The van der Waals surface area contributed by atoms with E-state index in [9.17, 15) is 9.59 Å². The largest absolute Gasteiger partial charge is 0.465 e. The van der Waals surface area contributed by atoms with Gasteiger partial charge in [-0.2, -0.15) is 0 Å². The van der Waals surface area contributed by atoms with E-state index in [0.717, 1.165) is 10.1 Å². The van der Waals surface area contributed by atoms with Crippen molar-refractivity contribution in [3.8, 4) is 0 Å². The Labute approximate surface area is 102 Å². The fraction of sp³-hybridized carbons (Fsp3) is 0.167. The Morgan fingerprint density at radius 2 is 2.00 bits per heavy atom. The highest BCUT2D eigenvalue weighted by Gasteiger charge is 2.19. The van der Waals surface area contributed by atoms with Crippen LogP contribution in [0, 0.1) is 0 Å². The molecular weight excluding hydrogens is 238 g/mol. The average Bonchev–Trinajstić information content (AvgIpc) is 2.67. The lowest BCUT2D eigenvalue weighted by molar-refractivity contribution is -0.114. The van der Waals surface area contributed by atoms with Gasteiger partial charge in [-0.05, 0) is 6.07 Å². The maximum Gasteiger partial charge on any atom is 0.350 e. The number of methoxy groups -OCH3 is 1. The second kappa shape index (κ2) is 4.55. The lowest BCUT2D eigenvalue weighted by Crippen LogP contribution is -2.09. The van der Waals surface area contributed by atoms with Crippen LogP contribution >= 0.6 is 11.3 Å². The number of esters is 1. The summed E-state index contributed by atoms with van der Waals surface area (Å²) in [5.41, 5.74) is 0.532. The third-order valence-electron chi connectivity index (χ3n) is 2.27. The molecule has 0 saturated heterocycles. The van der Waals surface area contributed by atoms with E-state index in [2.05, 4.69) is 5.32 Å². The molecule has 0 aliphatic heterocycles. The van der Waals surface area contributed by atoms with E-state index in [-0.39, 0.29) is 5.91 Å². The summed E-state index contributed by atoms with van der Waals surface area (Å²) in [7, 11) is 1.32. The fourth-order valence-corrected chi connectivity index (χ4v) is 2.66. The van der Waals surface area contributed by atoms with E-state index in [1.807, 2.05) is 24.3 Å². The number of hydrogen-bond donors (Lipinski definition) is 1. The van der Waals surface area contributed by atoms with Crippen LogP contribution in [0.2, 0.25) is 0 Å². The van der Waals surface area contributed by atoms with Crippen LogP contribution in [0.1, 0.15) is 16.6 Å². The molecule has 1 N–H and O–H groups in total. The normalized spacial score (nSPS) is 10.2. The minimum absolute atomic E-state index is 0.210. The molecule has 1 amide bonds. The Hall–Kier alpha value is -1.88. The molecule has 17 heavy (non-hydrogen) atoms. The summed E-state index contributed by atoms with van der Waals surface area (Å²) in [6.07, 6.45) is 0. The van der Waals surface area contributed by atoms with E-state index in [0.29, 0.717) is 10.6 Å². The highest BCUT2D eigenvalue weighted by Crippen LogP contribution is 2.36. The molecule has 0 radical (unpaired) electrons. The second-order valence-corrected chi connectivity index (χ2v) is 4.53. The molecule has 0 spiro atoms. The molecule has 2 rings (SSSR count). The van der Waals surface area contributed by atoms with Crippen LogP contribution in [-0.2, 0) is 9.53 Å². The van der Waals surface area contributed by atoms with Crippen molar-refractivity contribution in [1.82, 2.24) is 0 Å². The molecule has 88 valence electrons. The van der Waals surface area contributed by atoms with Gasteiger partial charge in [0.1, 0.15) is 4.88 Å². The van der Waals surface area contributed by atoms with Gasteiger partial charge in [0.2, 0.25) is 5.91 Å². The number of rotatable bonds is 2. The van der Waals surface area contributed by atoms with Gasteiger partial charge in [-0.1, -0.05) is 18.2 Å². The van der Waals surface area contributed by atoms with Gasteiger partial charge in [0.15, 0.2) is 0 Å². The molecule has 0 aliphatic carbocycles. The standard InChI is InChI=1S/C12H11NO3S/c1-7(14)13-10-8-5-3-4-6-9(8)17-11(10)12(15)16-2/h3-6H,1-2H3,(H,13,14). The maximum absolute atomic E-state index is 11.6. The Balaban J connectivity index is 2.64. The zero-order valence-corrected chi connectivity index (χ0v) is 10.3. The summed E-state index contributed by atoms with van der Waals surface area (Å²) < 4.78 is 5.65. The van der Waals surface area contributed by atoms with Crippen molar-refractivity contribution in [1.29, 1.82) is 0 Å². The van der Waals surface area contributed by atoms with Crippen molar-refractivity contribution in [2.75, 3.05) is 12.4 Å². The number of carbonyl (C=O) groups is 2. The molecule has 0 saturated carbocycles. The van der Waals surface area contributed by atoms with Gasteiger partial charge in [-0.3, -0.25) is 4.79 Å². The number of nitrogens with one attached hydrogen (secondary N) is 1. The van der Waals surface area contributed by atoms with Gasteiger partial charge in [0.25, 0.3) is 0 Å². The van der Waals surface area contributed by atoms with Gasteiger partial charge >= 0.3 is 5.97 Å². The molecule has 5 heteroatoms. The highest BCUT2D eigenvalue weighted by molar-refractivity contribution is 7.21. The van der Waals surface area contributed by atoms with E-state index in [1.54, 1.807) is 0 Å². The zero-order chi connectivity index (χ0) is 12.4. The van der Waals surface area contributed by atoms with Gasteiger partial charge < -0.3 is 10.1 Å². The summed E-state index contributed by atoms with van der Waals surface area (Å²) in [4.78, 5) is 23.2. The Bertz CT molecular complexity index is 588. The fourth-order valence-electron chi connectivity index (χ4n) is 1.58. The number of anilines is 1. The van der Waals surface area contributed by atoms with Crippen molar-refractivity contribution in [3.05, 3.63) is 29.1 Å². The number of hydrogen-bond acceptors (Lipinski definition) is 4. The zero-order valence-electron chi connectivity index (χ0n) is 9.44. The van der Waals surface area contributed by atoms with Crippen LogP contribution in [-0.4, -0.2) is 19.0 Å². The number of carbonyl (C=O) groups excluding carboxylic acids is 2. The smallest absolute Gasteiger partial charge is 0.350 e. The monoisotopic (exact) mass is 249 g/mol. The number of thiophene rings is 1. The van der Waals surface area contributed by atoms with Crippen molar-refractivity contribution >= 4 is 39.0 Å². The lowest BCUT2D eigenvalue weighted by atomic mass is 10.2. The number of benzene rings is 1. The van der Waals surface area contributed by atoms with Gasteiger partial charge in [0.05, 0.1) is 12.8 Å². The van der Waals surface area contributed by atoms with Crippen molar-refractivity contribution in [2.24, 2.45) is 0 Å². The highest BCUT2D eigenvalue weighted by atomic mass is 32.1. The Kier molecular flexibility index (Phi) is 3.10. The molecule has 0 atom stereocenters. The summed E-state index contributed by atoms with van der Waals surface area (Å²) in [5.74, 6) is -0.645. The van der Waals surface area contributed by atoms with E-state index < -0.39 is 5.97 Å². The molecule has 1 heterocycles. The second-order valence-electron chi connectivity index (χ2n) is 3.48. The Morgan fingerprint density at radius 1 is 1.29 bits per heavy atom. The first-order valence-electron chi connectivity index (χ1n) is 5.01. The number of amides is 1. The summed E-state index contributed by atoms with van der Waals surface area (Å²) >= 11 is 1.31. The SMILES string of the molecule is COC(=O)c1sc2ccccc2c1NC(C)=O. The summed E-state index contributed by atoms with van der Waals surface area (Å²) in [6, 6.07) is 7.51. The number of fused-ring (bicyclic) bond motifs is 1. The van der Waals surface area contributed by atoms with E-state index >= 15 is 0 Å². The predicted octanol–water partition coefficient (Wildman–Crippen LogP) is 2.65. The van der Waals surface area contributed by atoms with Crippen molar-refractivity contribution < 1.29 is 14.3 Å². The van der Waals surface area contributed by atoms with Crippen LogP contribution < -0.4 is 5.32 Å². The Morgan fingerprint density at radius 3 is 2.65 bits per heavy atom. The first kappa shape index (κ1) is 11.6. The minimum atomic E-state index is -0.435. The van der Waals surface area contributed by atoms with Crippen LogP contribution in [0.25, 0.3) is 10.1 Å². The van der Waals surface area contributed by atoms with Gasteiger partial charge in [0, 0.05) is 17.0 Å². The summed E-state index contributed by atoms with van der Waals surface area (Å²) in [6.45, 7) is 1.41. The first-order chi connectivity index (χ1) is 8.13. The summed E-state index contributed by atoms with van der Waals surface area (Å²) in [5, 5.41) is 3.54. The quantitative estimate of drug-likeness (QED) is 0.832. The molecule has 1 aromatic carbocycles. The van der Waals surface area contributed by atoms with E-state index in [4.69, 9.17) is 4.74 Å². The third kappa shape index (κ3) is 2.14. The van der Waals surface area contributed by atoms with Crippen molar-refractivity contribution in [3.63, 3.8) is 0 Å². The molecule has 0 unspecified atom stereocenters. The van der Waals surface area contributed by atoms with Crippen LogP contribution in [0.15, 0.2) is 24.3 Å². The topological polar surface area (TPSA) is 55.4 Å². The van der Waals surface area contributed by atoms with Crippen molar-refractivity contribution in [2.45, 2.75) is 6.92 Å². The molecule has 1 aromatic heterocycles. The molecular formula is C12H11NO3S. The van der Waals surface area contributed by atoms with Gasteiger partial charge in [-0.15, -0.1) is 11.3 Å². The van der Waals surface area contributed by atoms with E-state index in [1.165, 1.54) is 25.4 Å². The average molecular weight is 249 g/mol. The van der Waals surface area contributed by atoms with Gasteiger partial charge in [-0.25, -0.2) is 4.79 Å². The van der Waals surface area contributed by atoms with Crippen LogP contribution in [0.5, 0.6) is 0 Å². The molecule has 0 bridgehead atoms. The molecule has 4 nitrogen and oxygen atoms in total. The molecule has 2 aromatic rings. The first-order valence-corrected chi connectivity index (χ1v) is 5.82. The number of ether oxygens (including phenoxy) is 1. The lowest BCUT2D eigenvalue weighted by Gasteiger charge is -2.03. The van der Waals surface area contributed by atoms with Crippen LogP contribution in [0.4, 0.5) is 5.69 Å². The third-order valence-corrected chi connectivity index (χ3v) is 3.42. The predicted molar refractivity (Wildman–Crippen MR) is 67.5 cm³/mol. The maximum atomic E-state index is 11.6.